The summed E-state index contributed by atoms with van der Waals surface area (Å²) in [5, 5.41) is 10.8. The summed E-state index contributed by atoms with van der Waals surface area (Å²) < 4.78 is 0. The van der Waals surface area contributed by atoms with E-state index >= 15 is 0 Å². The molecule has 0 aromatic heterocycles. The molecule has 0 aliphatic carbocycles. The van der Waals surface area contributed by atoms with E-state index in [1.165, 1.54) is 37.7 Å². The van der Waals surface area contributed by atoms with Crippen LogP contribution in [0.15, 0.2) is 0 Å². The molecule has 0 spiro atoms. The van der Waals surface area contributed by atoms with Gasteiger partial charge in [-0.2, -0.15) is 11.8 Å². The normalized spacial score (nSPS) is 26.1. The first-order valence-electron chi connectivity index (χ1n) is 6.49. The minimum absolute atomic E-state index is 0.136. The second-order valence-corrected chi connectivity index (χ2v) is 6.13. The fraction of sp³-hybridized carbons (Fsp3) is 1.00. The Morgan fingerprint density at radius 1 is 0.938 bits per heavy atom. The number of nitrogens with zero attached hydrogens (tertiary/aromatic N) is 2. The molecule has 0 N–H and O–H groups in total. The lowest BCUT2D eigenvalue weighted by Crippen LogP contribution is -2.42. The average Bonchev–Trinajstić information content (AvgIpc) is 2.38. The molecule has 0 bridgehead atoms. The summed E-state index contributed by atoms with van der Waals surface area (Å²) in [6.45, 7) is 7.39. The van der Waals surface area contributed by atoms with Crippen LogP contribution in [0.2, 0.25) is 0 Å². The molecule has 2 saturated heterocycles. The Hall–Kier alpha value is 0.230. The summed E-state index contributed by atoms with van der Waals surface area (Å²) in [4.78, 5) is 5.12. The van der Waals surface area contributed by atoms with Crippen LogP contribution in [0.3, 0.4) is 0 Å². The Bertz CT molecular complexity index is 189. The van der Waals surface area contributed by atoms with Gasteiger partial charge in [-0.3, -0.25) is 0 Å². The molecule has 0 aromatic rings. The number of hydrogen-bond acceptors (Lipinski definition) is 3. The van der Waals surface area contributed by atoms with Crippen LogP contribution in [0.5, 0.6) is 0 Å². The lowest BCUT2D eigenvalue weighted by atomic mass is 9.98. The van der Waals surface area contributed by atoms with Crippen LogP contribution in [-0.2, 0) is 5.11 Å². The topological polar surface area (TPSA) is 26.4 Å². The molecular formula is C12H23N2OS. The van der Waals surface area contributed by atoms with Crippen LogP contribution in [0, 0.1) is 5.92 Å². The standard InChI is InChI=1S/C12H23N2OS/c15-11-12-1-3-13(4-2-12)5-6-14-7-9-16-10-8-14/h12H,1-11H2. The second-order valence-electron chi connectivity index (χ2n) is 4.91. The van der Waals surface area contributed by atoms with E-state index in [2.05, 4.69) is 21.6 Å². The number of likely N-dealkylation sites (tertiary alicyclic amines) is 1. The molecule has 2 heterocycles. The SMILES string of the molecule is [O]CC1CCN(CCN2CCSCC2)CC1. The van der Waals surface area contributed by atoms with Crippen molar-refractivity contribution in [2.24, 2.45) is 5.92 Å². The molecule has 16 heavy (non-hydrogen) atoms. The molecule has 2 fully saturated rings. The number of hydrogen-bond donors (Lipinski definition) is 0. The summed E-state index contributed by atoms with van der Waals surface area (Å²) in [5.74, 6) is 3.07. The third-order valence-corrected chi connectivity index (χ3v) is 4.72. The average molecular weight is 243 g/mol. The summed E-state index contributed by atoms with van der Waals surface area (Å²) in [6.07, 6.45) is 2.25. The molecule has 1 radical (unpaired) electrons. The van der Waals surface area contributed by atoms with Crippen molar-refractivity contribution in [3.05, 3.63) is 0 Å². The first-order chi connectivity index (χ1) is 7.88. The molecule has 0 saturated carbocycles. The Labute approximate surface area is 103 Å². The Morgan fingerprint density at radius 3 is 2.06 bits per heavy atom. The zero-order chi connectivity index (χ0) is 11.2. The van der Waals surface area contributed by atoms with Gasteiger partial charge < -0.3 is 9.80 Å². The van der Waals surface area contributed by atoms with E-state index in [9.17, 15) is 5.11 Å². The maximum Gasteiger partial charge on any atom is 0.0851 e. The molecule has 0 aromatic carbocycles. The van der Waals surface area contributed by atoms with Gasteiger partial charge in [0.2, 0.25) is 0 Å². The maximum absolute atomic E-state index is 10.8. The first-order valence-corrected chi connectivity index (χ1v) is 7.64. The van der Waals surface area contributed by atoms with Crippen LogP contribution in [0.4, 0.5) is 0 Å². The van der Waals surface area contributed by atoms with Crippen LogP contribution in [-0.4, -0.2) is 67.2 Å². The van der Waals surface area contributed by atoms with Crippen LogP contribution >= 0.6 is 11.8 Å². The van der Waals surface area contributed by atoms with E-state index in [0.717, 1.165) is 25.9 Å². The summed E-state index contributed by atoms with van der Waals surface area (Å²) in [7, 11) is 0. The molecule has 0 amide bonds. The molecule has 2 aliphatic heterocycles. The highest BCUT2D eigenvalue weighted by atomic mass is 32.2. The molecule has 0 atom stereocenters. The van der Waals surface area contributed by atoms with Gasteiger partial charge in [0.25, 0.3) is 0 Å². The molecule has 93 valence electrons. The van der Waals surface area contributed by atoms with Crippen LogP contribution in [0.25, 0.3) is 0 Å². The Balaban J connectivity index is 1.59. The molecule has 4 heteroatoms. The second kappa shape index (κ2) is 6.84. The Morgan fingerprint density at radius 2 is 1.50 bits per heavy atom. The van der Waals surface area contributed by atoms with Gasteiger partial charge >= 0.3 is 0 Å². The van der Waals surface area contributed by atoms with Gasteiger partial charge in [0.15, 0.2) is 0 Å². The largest absolute Gasteiger partial charge is 0.302 e. The van der Waals surface area contributed by atoms with Crippen LogP contribution < -0.4 is 0 Å². The van der Waals surface area contributed by atoms with Crippen molar-refractivity contribution in [1.82, 2.24) is 9.80 Å². The van der Waals surface area contributed by atoms with E-state index in [1.54, 1.807) is 0 Å². The van der Waals surface area contributed by atoms with Crippen molar-refractivity contribution < 1.29 is 5.11 Å². The zero-order valence-corrected chi connectivity index (χ0v) is 10.9. The summed E-state index contributed by atoms with van der Waals surface area (Å²) in [5.41, 5.74) is 0. The smallest absolute Gasteiger partial charge is 0.0851 e. The van der Waals surface area contributed by atoms with E-state index in [1.807, 2.05) is 0 Å². The van der Waals surface area contributed by atoms with Gasteiger partial charge in [-0.25, -0.2) is 5.11 Å². The molecule has 3 nitrogen and oxygen atoms in total. The number of piperidine rings is 1. The molecule has 0 unspecified atom stereocenters. The fourth-order valence-electron chi connectivity index (χ4n) is 2.48. The lowest BCUT2D eigenvalue weighted by Gasteiger charge is -2.33. The number of thioether (sulfide) groups is 1. The van der Waals surface area contributed by atoms with E-state index in [4.69, 9.17) is 0 Å². The van der Waals surface area contributed by atoms with Crippen molar-refractivity contribution >= 4 is 11.8 Å². The quantitative estimate of drug-likeness (QED) is 0.742. The van der Waals surface area contributed by atoms with Crippen LogP contribution in [0.1, 0.15) is 12.8 Å². The van der Waals surface area contributed by atoms with E-state index in [0.29, 0.717) is 5.92 Å². The first kappa shape index (κ1) is 12.7. The minimum Gasteiger partial charge on any atom is -0.302 e. The lowest BCUT2D eigenvalue weighted by molar-refractivity contribution is 0.0870. The predicted octanol–water partition coefficient (Wildman–Crippen LogP) is 1.18. The fourth-order valence-corrected chi connectivity index (χ4v) is 3.46. The van der Waals surface area contributed by atoms with Gasteiger partial charge in [0.05, 0.1) is 6.61 Å². The van der Waals surface area contributed by atoms with Gasteiger partial charge in [0, 0.05) is 37.7 Å². The molecular weight excluding hydrogens is 220 g/mol. The van der Waals surface area contributed by atoms with Gasteiger partial charge in [-0.05, 0) is 31.8 Å². The van der Waals surface area contributed by atoms with Crippen molar-refractivity contribution in [1.29, 1.82) is 0 Å². The predicted molar refractivity (Wildman–Crippen MR) is 68.5 cm³/mol. The van der Waals surface area contributed by atoms with Gasteiger partial charge in [-0.15, -0.1) is 0 Å². The highest BCUT2D eigenvalue weighted by molar-refractivity contribution is 7.99. The molecule has 2 aliphatic rings. The van der Waals surface area contributed by atoms with Crippen molar-refractivity contribution in [3.8, 4) is 0 Å². The van der Waals surface area contributed by atoms with Gasteiger partial charge in [0.1, 0.15) is 0 Å². The monoisotopic (exact) mass is 243 g/mol. The molecule has 2 rings (SSSR count). The zero-order valence-electron chi connectivity index (χ0n) is 10.1. The summed E-state index contributed by atoms with van der Waals surface area (Å²) >= 11 is 2.07. The third kappa shape index (κ3) is 3.91. The summed E-state index contributed by atoms with van der Waals surface area (Å²) in [6, 6.07) is 0. The minimum atomic E-state index is 0.136. The highest BCUT2D eigenvalue weighted by Crippen LogP contribution is 2.16. The Kier molecular flexibility index (Phi) is 5.42. The maximum atomic E-state index is 10.8. The van der Waals surface area contributed by atoms with Crippen molar-refractivity contribution in [3.63, 3.8) is 0 Å². The van der Waals surface area contributed by atoms with Crippen molar-refractivity contribution in [2.45, 2.75) is 12.8 Å². The van der Waals surface area contributed by atoms with E-state index in [-0.39, 0.29) is 6.61 Å². The number of rotatable bonds is 4. The third-order valence-electron chi connectivity index (χ3n) is 3.78. The van der Waals surface area contributed by atoms with Gasteiger partial charge in [-0.1, -0.05) is 0 Å². The van der Waals surface area contributed by atoms with Crippen molar-refractivity contribution in [2.75, 3.05) is 57.4 Å². The van der Waals surface area contributed by atoms with E-state index < -0.39 is 0 Å². The highest BCUT2D eigenvalue weighted by Gasteiger charge is 2.19.